The number of ether oxygens (including phenoxy) is 2. The Labute approximate surface area is 199 Å². The van der Waals surface area contributed by atoms with Crippen LogP contribution in [0.1, 0.15) is 50.2 Å². The van der Waals surface area contributed by atoms with Crippen LogP contribution in [0.15, 0.2) is 48.5 Å². The highest BCUT2D eigenvalue weighted by Crippen LogP contribution is 2.44. The van der Waals surface area contributed by atoms with Crippen LogP contribution in [0.3, 0.4) is 0 Å². The summed E-state index contributed by atoms with van der Waals surface area (Å²) in [5.41, 5.74) is 3.01. The van der Waals surface area contributed by atoms with Crippen LogP contribution >= 0.6 is 0 Å². The van der Waals surface area contributed by atoms with Crippen LogP contribution in [-0.2, 0) is 19.1 Å². The first kappa shape index (κ1) is 25.2. The molecule has 0 aromatic heterocycles. The van der Waals surface area contributed by atoms with Gasteiger partial charge in [0.1, 0.15) is 6.61 Å². The summed E-state index contributed by atoms with van der Waals surface area (Å²) < 4.78 is 10.6. The quantitative estimate of drug-likeness (QED) is 0.464. The summed E-state index contributed by atoms with van der Waals surface area (Å²) in [4.78, 5) is 36.8. The Balaban J connectivity index is 1.59. The topological polar surface area (TPSA) is 114 Å². The Bertz CT molecular complexity index is 994. The van der Waals surface area contributed by atoms with Gasteiger partial charge in [-0.15, -0.1) is 0 Å². The smallest absolute Gasteiger partial charge is 0.407 e. The third-order valence-corrected chi connectivity index (χ3v) is 6.37. The lowest BCUT2D eigenvalue weighted by Gasteiger charge is -2.29. The number of fused-ring (bicyclic) bond motifs is 3. The van der Waals surface area contributed by atoms with Crippen molar-refractivity contribution in [1.29, 1.82) is 0 Å². The molecule has 0 bridgehead atoms. The predicted molar refractivity (Wildman–Crippen MR) is 128 cm³/mol. The third kappa shape index (κ3) is 5.39. The van der Waals surface area contributed by atoms with Gasteiger partial charge in [-0.2, -0.15) is 0 Å². The highest BCUT2D eigenvalue weighted by Gasteiger charge is 2.39. The van der Waals surface area contributed by atoms with E-state index in [9.17, 15) is 19.5 Å². The van der Waals surface area contributed by atoms with E-state index >= 15 is 0 Å². The number of carboxylic acid groups (broad SMARTS) is 1. The van der Waals surface area contributed by atoms with E-state index in [0.717, 1.165) is 22.3 Å². The normalized spacial score (nSPS) is 14.9. The van der Waals surface area contributed by atoms with Gasteiger partial charge >= 0.3 is 12.1 Å². The molecular formula is C26H32N2O6. The van der Waals surface area contributed by atoms with Gasteiger partial charge < -0.3 is 25.2 Å². The van der Waals surface area contributed by atoms with E-state index < -0.39 is 29.6 Å². The highest BCUT2D eigenvalue weighted by molar-refractivity contribution is 5.87. The average Bonchev–Trinajstić information content (AvgIpc) is 3.15. The second-order valence-corrected chi connectivity index (χ2v) is 8.50. The van der Waals surface area contributed by atoms with Crippen LogP contribution in [0.25, 0.3) is 11.1 Å². The molecule has 2 aromatic carbocycles. The number of aliphatic carboxylic acids is 1. The first-order valence-electron chi connectivity index (χ1n) is 11.5. The van der Waals surface area contributed by atoms with Gasteiger partial charge in [0.2, 0.25) is 5.91 Å². The van der Waals surface area contributed by atoms with Crippen LogP contribution in [0.2, 0.25) is 0 Å². The Morgan fingerprint density at radius 3 is 2.12 bits per heavy atom. The summed E-state index contributed by atoms with van der Waals surface area (Å²) in [6.45, 7) is 3.52. The molecule has 0 saturated heterocycles. The van der Waals surface area contributed by atoms with Crippen molar-refractivity contribution in [2.24, 2.45) is 0 Å². The van der Waals surface area contributed by atoms with Crippen LogP contribution < -0.4 is 10.6 Å². The van der Waals surface area contributed by atoms with Gasteiger partial charge in [0.05, 0.1) is 6.61 Å². The molecule has 8 heteroatoms. The lowest BCUT2D eigenvalue weighted by Crippen LogP contribution is -2.58. The molecule has 0 spiro atoms. The van der Waals surface area contributed by atoms with Gasteiger partial charge in [-0.05, 0) is 35.1 Å². The molecule has 0 radical (unpaired) electrons. The summed E-state index contributed by atoms with van der Waals surface area (Å²) in [5, 5.41) is 14.9. The molecule has 0 heterocycles. The van der Waals surface area contributed by atoms with E-state index in [4.69, 9.17) is 9.47 Å². The third-order valence-electron chi connectivity index (χ3n) is 6.37. The number of amides is 2. The Morgan fingerprint density at radius 2 is 1.62 bits per heavy atom. The maximum atomic E-state index is 12.6. The predicted octanol–water partition coefficient (Wildman–Crippen LogP) is 3.69. The van der Waals surface area contributed by atoms with Gasteiger partial charge in [-0.25, -0.2) is 9.59 Å². The van der Waals surface area contributed by atoms with Gasteiger partial charge in [-0.3, -0.25) is 4.79 Å². The minimum atomic E-state index is -1.51. The van der Waals surface area contributed by atoms with Crippen molar-refractivity contribution in [2.45, 2.75) is 50.6 Å². The van der Waals surface area contributed by atoms with E-state index in [1.165, 1.54) is 7.11 Å². The molecular weight excluding hydrogens is 436 g/mol. The fraction of sp³-hybridized carbons (Fsp3) is 0.423. The van der Waals surface area contributed by atoms with Crippen LogP contribution in [-0.4, -0.2) is 55.0 Å². The van der Waals surface area contributed by atoms with Gasteiger partial charge in [0.25, 0.3) is 0 Å². The maximum absolute atomic E-state index is 12.6. The Kier molecular flexibility index (Phi) is 8.28. The van der Waals surface area contributed by atoms with Gasteiger partial charge in [-0.1, -0.05) is 62.4 Å². The first-order chi connectivity index (χ1) is 16.3. The number of methoxy groups -OCH3 is 1. The molecule has 1 aliphatic carbocycles. The largest absolute Gasteiger partial charge is 0.479 e. The van der Waals surface area contributed by atoms with Crippen LogP contribution in [0.5, 0.6) is 0 Å². The summed E-state index contributed by atoms with van der Waals surface area (Å²) in [6.07, 6.45) is -0.0372. The molecule has 0 fully saturated rings. The Morgan fingerprint density at radius 1 is 1.03 bits per heavy atom. The van der Waals surface area contributed by atoms with E-state index in [2.05, 4.69) is 22.8 Å². The van der Waals surface area contributed by atoms with Crippen molar-refractivity contribution in [2.75, 3.05) is 20.3 Å². The van der Waals surface area contributed by atoms with Gasteiger partial charge in [0.15, 0.2) is 5.54 Å². The second-order valence-electron chi connectivity index (χ2n) is 8.50. The van der Waals surface area contributed by atoms with E-state index in [1.54, 1.807) is 6.92 Å². The molecule has 3 N–H and O–H groups in total. The van der Waals surface area contributed by atoms with Crippen LogP contribution in [0, 0.1) is 0 Å². The zero-order valence-corrected chi connectivity index (χ0v) is 19.8. The molecule has 1 aliphatic rings. The number of alkyl carbamates (subject to hydrolysis) is 1. The minimum absolute atomic E-state index is 0.0590. The average molecular weight is 469 g/mol. The fourth-order valence-electron chi connectivity index (χ4n) is 4.39. The van der Waals surface area contributed by atoms with Crippen molar-refractivity contribution < 1.29 is 29.0 Å². The number of rotatable bonds is 11. The molecule has 182 valence electrons. The number of carbonyl (C=O) groups is 3. The zero-order valence-electron chi connectivity index (χ0n) is 19.8. The molecule has 0 aliphatic heterocycles. The lowest BCUT2D eigenvalue weighted by atomic mass is 9.96. The van der Waals surface area contributed by atoms with Gasteiger partial charge in [0, 0.05) is 25.5 Å². The zero-order chi connectivity index (χ0) is 24.7. The number of carbonyl (C=O) groups excluding carboxylic acids is 2. The van der Waals surface area contributed by atoms with E-state index in [-0.39, 0.29) is 32.0 Å². The Hall–Kier alpha value is -3.39. The maximum Gasteiger partial charge on any atom is 0.407 e. The van der Waals surface area contributed by atoms with Crippen LogP contribution in [0.4, 0.5) is 4.79 Å². The fourth-order valence-corrected chi connectivity index (χ4v) is 4.39. The van der Waals surface area contributed by atoms with E-state index in [1.807, 2.05) is 43.3 Å². The minimum Gasteiger partial charge on any atom is -0.479 e. The monoisotopic (exact) mass is 468 g/mol. The number of hydrogen-bond acceptors (Lipinski definition) is 5. The summed E-state index contributed by atoms with van der Waals surface area (Å²) in [5.74, 6) is -1.70. The van der Waals surface area contributed by atoms with Crippen molar-refractivity contribution in [1.82, 2.24) is 10.6 Å². The summed E-state index contributed by atoms with van der Waals surface area (Å²) in [6, 6.07) is 15.7. The molecule has 0 saturated carbocycles. The number of carboxylic acids is 1. The number of benzene rings is 2. The molecule has 34 heavy (non-hydrogen) atoms. The molecule has 2 aromatic rings. The SMILES string of the molecule is CCC(CC(=O)NC(CC)(COC)C(=O)O)NC(=O)OCC1c2ccccc2-c2ccccc21. The second kappa shape index (κ2) is 11.2. The molecule has 2 atom stereocenters. The molecule has 2 amide bonds. The summed E-state index contributed by atoms with van der Waals surface area (Å²) >= 11 is 0. The first-order valence-corrected chi connectivity index (χ1v) is 11.5. The van der Waals surface area contributed by atoms with E-state index in [0.29, 0.717) is 6.42 Å². The van der Waals surface area contributed by atoms with Crippen molar-refractivity contribution >= 4 is 18.0 Å². The molecule has 8 nitrogen and oxygen atoms in total. The van der Waals surface area contributed by atoms with Crippen molar-refractivity contribution in [3.05, 3.63) is 59.7 Å². The van der Waals surface area contributed by atoms with Crippen molar-refractivity contribution in [3.8, 4) is 11.1 Å². The van der Waals surface area contributed by atoms with Crippen molar-refractivity contribution in [3.63, 3.8) is 0 Å². The number of nitrogens with one attached hydrogen (secondary N) is 2. The number of hydrogen-bond donors (Lipinski definition) is 3. The highest BCUT2D eigenvalue weighted by atomic mass is 16.5. The molecule has 2 unspecified atom stereocenters. The standard InChI is InChI=1S/C26H32N2O6/c1-4-17(14-23(29)28-26(5-2,16-33-3)24(30)31)27-25(32)34-15-22-20-12-8-6-10-18(20)19-11-7-9-13-21(19)22/h6-13,17,22H,4-5,14-16H2,1-3H3,(H,27,32)(H,28,29)(H,30,31). The summed E-state index contributed by atoms with van der Waals surface area (Å²) in [7, 11) is 1.38. The lowest BCUT2D eigenvalue weighted by molar-refractivity contribution is -0.150. The molecule has 3 rings (SSSR count).